The number of hydrogen-bond donors (Lipinski definition) is 3. The molecular formula is C36H47ClN5O5P. The second-order valence-corrected chi connectivity index (χ2v) is 15.6. The Labute approximate surface area is 289 Å². The highest BCUT2D eigenvalue weighted by molar-refractivity contribution is 7.95. The number of aliphatic hydroxyl groups excluding tert-OH is 2. The molecule has 258 valence electrons. The van der Waals surface area contributed by atoms with E-state index in [9.17, 15) is 25.1 Å². The molecule has 10 nitrogen and oxygen atoms in total. The van der Waals surface area contributed by atoms with E-state index in [1.807, 2.05) is 11.7 Å². The summed E-state index contributed by atoms with van der Waals surface area (Å²) in [7, 11) is 0.00161. The van der Waals surface area contributed by atoms with Gasteiger partial charge < -0.3 is 27.9 Å². The number of nitro benzene ring substituents is 1. The van der Waals surface area contributed by atoms with Gasteiger partial charge >= 0.3 is 0 Å². The van der Waals surface area contributed by atoms with Crippen LogP contribution in [0.15, 0.2) is 91.1 Å². The van der Waals surface area contributed by atoms with E-state index in [1.54, 1.807) is 0 Å². The normalized spacial score (nSPS) is 12.6. The van der Waals surface area contributed by atoms with E-state index in [1.165, 1.54) is 60.6 Å². The van der Waals surface area contributed by atoms with Gasteiger partial charge in [-0.05, 0) is 61.2 Å². The molecule has 0 saturated carbocycles. The first-order chi connectivity index (χ1) is 22.8. The number of benzene rings is 3. The minimum Gasteiger partial charge on any atom is -1.00 e. The van der Waals surface area contributed by atoms with Crippen molar-refractivity contribution in [1.82, 2.24) is 20.3 Å². The lowest BCUT2D eigenvalue weighted by atomic mass is 10.0. The van der Waals surface area contributed by atoms with Crippen molar-refractivity contribution in [3.8, 4) is 0 Å². The van der Waals surface area contributed by atoms with Crippen molar-refractivity contribution < 1.29 is 32.3 Å². The number of carbonyl (C=O) groups excluding carboxylic acids is 1. The summed E-state index contributed by atoms with van der Waals surface area (Å²) in [6.07, 6.45) is 12.0. The first-order valence-electron chi connectivity index (χ1n) is 16.5. The summed E-state index contributed by atoms with van der Waals surface area (Å²) in [4.78, 5) is 22.8. The predicted molar refractivity (Wildman–Crippen MR) is 188 cm³/mol. The van der Waals surface area contributed by atoms with Crippen LogP contribution in [0.1, 0.15) is 75.9 Å². The minimum absolute atomic E-state index is 0. The Kier molecular flexibility index (Phi) is 16.1. The number of hydrogen-bond acceptors (Lipinski definition) is 7. The zero-order valence-electron chi connectivity index (χ0n) is 27.5. The van der Waals surface area contributed by atoms with Gasteiger partial charge in [-0.3, -0.25) is 19.6 Å². The number of nitrogens with zero attached hydrogens (tertiary/aromatic N) is 4. The number of nitrogens with one attached hydrogen (secondary N) is 1. The fourth-order valence-electron chi connectivity index (χ4n) is 6.06. The van der Waals surface area contributed by atoms with Crippen LogP contribution in [-0.2, 0) is 11.8 Å². The summed E-state index contributed by atoms with van der Waals surface area (Å²) in [5.41, 5.74) is 1.39. The standard InChI is InChI=1S/C36H46N5O5P.ClH/c1-40-27-35(38-39-40)47(31-17-11-9-12-18-31,32-19-13-10-14-20-32)26-16-8-6-4-2-3-5-7-15-21-34(43)37-33(28-42)36(44)29-22-24-30(25-23-29)41(45)46;/h9-14,17-20,22-25,27,33,36,42,44H,2-8,15-16,21,26,28H2,1H3;1H. The fourth-order valence-corrected chi connectivity index (χ4v) is 10.3. The molecule has 0 aliphatic rings. The molecule has 0 radical (unpaired) electrons. The molecule has 12 heteroatoms. The Morgan fingerprint density at radius 2 is 1.38 bits per heavy atom. The van der Waals surface area contributed by atoms with E-state index in [0.29, 0.717) is 12.0 Å². The third-order valence-electron chi connectivity index (χ3n) is 8.64. The van der Waals surface area contributed by atoms with Crippen LogP contribution in [0.3, 0.4) is 0 Å². The molecule has 1 aromatic heterocycles. The second kappa shape index (κ2) is 20.0. The number of carbonyl (C=O) groups is 1. The molecule has 4 aromatic rings. The smallest absolute Gasteiger partial charge is 0.269 e. The Balaban J connectivity index is 0.00000625. The van der Waals surface area contributed by atoms with Crippen molar-refractivity contribution in [2.75, 3.05) is 12.8 Å². The summed E-state index contributed by atoms with van der Waals surface area (Å²) in [6.45, 7) is -0.439. The Hall–Kier alpha value is -3.69. The van der Waals surface area contributed by atoms with Crippen molar-refractivity contribution >= 4 is 34.9 Å². The van der Waals surface area contributed by atoms with Gasteiger partial charge in [-0.15, -0.1) is 0 Å². The minimum atomic E-state index is -1.93. The molecule has 4 rings (SSSR count). The molecule has 1 amide bonds. The summed E-state index contributed by atoms with van der Waals surface area (Å²) >= 11 is 0. The number of aliphatic hydroxyl groups is 2. The number of aryl methyl sites for hydroxylation is 1. The highest BCUT2D eigenvalue weighted by Gasteiger charge is 2.47. The number of amides is 1. The molecule has 0 aliphatic heterocycles. The molecule has 0 bridgehead atoms. The van der Waals surface area contributed by atoms with Crippen LogP contribution < -0.4 is 33.8 Å². The zero-order valence-corrected chi connectivity index (χ0v) is 29.2. The lowest BCUT2D eigenvalue weighted by Crippen LogP contribution is -3.00. The zero-order chi connectivity index (χ0) is 33.5. The van der Waals surface area contributed by atoms with Crippen molar-refractivity contribution in [3.05, 3.63) is 107 Å². The molecule has 3 N–H and O–H groups in total. The topological polar surface area (TPSA) is 143 Å². The Morgan fingerprint density at radius 1 is 0.854 bits per heavy atom. The van der Waals surface area contributed by atoms with Crippen molar-refractivity contribution in [1.29, 1.82) is 0 Å². The first kappa shape index (κ1) is 38.8. The largest absolute Gasteiger partial charge is 1.00 e. The van der Waals surface area contributed by atoms with Gasteiger partial charge in [-0.1, -0.05) is 85.2 Å². The van der Waals surface area contributed by atoms with E-state index < -0.39 is 30.9 Å². The van der Waals surface area contributed by atoms with Gasteiger partial charge in [0.05, 0.1) is 29.9 Å². The van der Waals surface area contributed by atoms with Crippen LogP contribution in [0.25, 0.3) is 0 Å². The number of rotatable bonds is 20. The molecule has 0 aliphatic carbocycles. The summed E-state index contributed by atoms with van der Waals surface area (Å²) in [5, 5.41) is 45.5. The first-order valence-corrected chi connectivity index (χ1v) is 18.5. The average Bonchev–Trinajstić information content (AvgIpc) is 3.54. The Morgan fingerprint density at radius 3 is 1.85 bits per heavy atom. The van der Waals surface area contributed by atoms with Gasteiger partial charge in [-0.25, -0.2) is 0 Å². The molecule has 2 unspecified atom stereocenters. The van der Waals surface area contributed by atoms with E-state index in [4.69, 9.17) is 0 Å². The van der Waals surface area contributed by atoms with Crippen LogP contribution in [-0.4, -0.2) is 54.8 Å². The van der Waals surface area contributed by atoms with Gasteiger partial charge in [0.25, 0.3) is 5.69 Å². The van der Waals surface area contributed by atoms with E-state index in [2.05, 4.69) is 82.5 Å². The maximum Gasteiger partial charge on any atom is 0.269 e. The molecule has 48 heavy (non-hydrogen) atoms. The number of aromatic nitrogens is 3. The highest BCUT2D eigenvalue weighted by Crippen LogP contribution is 2.55. The molecule has 2 atom stereocenters. The van der Waals surface area contributed by atoms with Gasteiger partial charge in [0.1, 0.15) is 24.0 Å². The summed E-state index contributed by atoms with van der Waals surface area (Å²) < 4.78 is 1.81. The lowest BCUT2D eigenvalue weighted by molar-refractivity contribution is -0.384. The van der Waals surface area contributed by atoms with Crippen molar-refractivity contribution in [2.24, 2.45) is 7.05 Å². The number of nitro groups is 1. The average molecular weight is 696 g/mol. The Bertz CT molecular complexity index is 1490. The van der Waals surface area contributed by atoms with Crippen molar-refractivity contribution in [2.45, 2.75) is 76.4 Å². The molecule has 0 saturated heterocycles. The van der Waals surface area contributed by atoms with Crippen LogP contribution in [0.4, 0.5) is 5.69 Å². The predicted octanol–water partition coefficient (Wildman–Crippen LogP) is 2.13. The number of non-ortho nitro benzene ring substituents is 1. The molecule has 0 spiro atoms. The van der Waals surface area contributed by atoms with Gasteiger partial charge in [0, 0.05) is 25.6 Å². The quantitative estimate of drug-likeness (QED) is 0.0557. The fraction of sp³-hybridized carbons (Fsp3) is 0.417. The van der Waals surface area contributed by atoms with Crippen LogP contribution in [0, 0.1) is 10.1 Å². The second-order valence-electron chi connectivity index (χ2n) is 12.0. The molecule has 0 fully saturated rings. The van der Waals surface area contributed by atoms with Crippen LogP contribution >= 0.6 is 7.26 Å². The maximum absolute atomic E-state index is 12.4. The van der Waals surface area contributed by atoms with Crippen molar-refractivity contribution in [3.63, 3.8) is 0 Å². The molecule has 3 aromatic carbocycles. The van der Waals surface area contributed by atoms with Crippen LogP contribution in [0.5, 0.6) is 0 Å². The van der Waals surface area contributed by atoms with E-state index in [0.717, 1.165) is 43.7 Å². The highest BCUT2D eigenvalue weighted by atomic mass is 35.5. The van der Waals surface area contributed by atoms with E-state index >= 15 is 0 Å². The van der Waals surface area contributed by atoms with E-state index in [-0.39, 0.29) is 24.0 Å². The summed E-state index contributed by atoms with van der Waals surface area (Å²) in [6, 6.07) is 26.2. The lowest BCUT2D eigenvalue weighted by Gasteiger charge is -2.25. The third kappa shape index (κ3) is 10.7. The van der Waals surface area contributed by atoms with Crippen LogP contribution in [0.2, 0.25) is 0 Å². The number of halogens is 1. The maximum atomic E-state index is 12.4. The van der Waals surface area contributed by atoms with Gasteiger partial charge in [0.2, 0.25) is 11.3 Å². The summed E-state index contributed by atoms with van der Waals surface area (Å²) in [5.74, 6) is -0.226. The molecule has 1 heterocycles. The van der Waals surface area contributed by atoms with Gasteiger partial charge in [0.15, 0.2) is 0 Å². The third-order valence-corrected chi connectivity index (χ3v) is 13.0. The molecular weight excluding hydrogens is 649 g/mol. The number of unbranched alkanes of at least 4 members (excludes halogenated alkanes) is 8. The van der Waals surface area contributed by atoms with Gasteiger partial charge in [-0.2, -0.15) is 0 Å². The SMILES string of the molecule is Cn1cc([P+](CCCCCCCCCCCC(=O)NC(CO)C(O)c2ccc([N+](=O)[O-])cc2)(c2ccccc2)c2ccccc2)nn1.[Cl-]. The monoisotopic (exact) mass is 695 g/mol.